The molecule has 0 atom stereocenters. The van der Waals surface area contributed by atoms with Gasteiger partial charge in [-0.25, -0.2) is 29.0 Å². The number of anilines is 1. The number of nitrogens with zero attached hydrogens (tertiary/aromatic N) is 8. The lowest BCUT2D eigenvalue weighted by atomic mass is 10.3. The summed E-state index contributed by atoms with van der Waals surface area (Å²) in [4.78, 5) is 39.8. The third-order valence-electron chi connectivity index (χ3n) is 7.12. The first-order valence-electron chi connectivity index (χ1n) is 14.6. The van der Waals surface area contributed by atoms with Crippen molar-refractivity contribution in [2.24, 2.45) is 11.8 Å². The minimum absolute atomic E-state index is 0.00487. The Labute approximate surface area is 266 Å². The van der Waals surface area contributed by atoms with E-state index in [0.717, 1.165) is 37.2 Å². The fourth-order valence-electron chi connectivity index (χ4n) is 4.54. The summed E-state index contributed by atoms with van der Waals surface area (Å²) in [6.07, 6.45) is 7.63. The SMILES string of the molecule is CC(=O)C1CC1.Cc1nc2c(-c3ccc(C)o3)nc(Br)cn2n1.Cc1nc2c(-c3ccc(C)o3)nc(NC(=O)C3CC3)cn2n1. The van der Waals surface area contributed by atoms with Crippen molar-refractivity contribution in [2.45, 2.75) is 60.3 Å². The molecule has 8 rings (SSSR count). The van der Waals surface area contributed by atoms with E-state index < -0.39 is 0 Å². The van der Waals surface area contributed by atoms with Crippen molar-refractivity contribution in [3.63, 3.8) is 0 Å². The first kappa shape index (κ1) is 30.3. The molecule has 13 nitrogen and oxygen atoms in total. The van der Waals surface area contributed by atoms with Crippen molar-refractivity contribution >= 4 is 44.7 Å². The topological polar surface area (TPSA) is 159 Å². The van der Waals surface area contributed by atoms with Crippen LogP contribution in [0.5, 0.6) is 0 Å². The molecule has 2 aliphatic carbocycles. The third kappa shape index (κ3) is 7.17. The lowest BCUT2D eigenvalue weighted by Gasteiger charge is -2.06. The van der Waals surface area contributed by atoms with Crippen LogP contribution in [0.2, 0.25) is 0 Å². The van der Waals surface area contributed by atoms with Gasteiger partial charge in [0.05, 0.1) is 12.4 Å². The number of nitrogens with one attached hydrogen (secondary N) is 1. The monoisotopic (exact) mass is 673 g/mol. The number of hydrogen-bond acceptors (Lipinski definition) is 10. The number of amides is 1. The predicted octanol–water partition coefficient (Wildman–Crippen LogP) is 6.10. The maximum absolute atomic E-state index is 11.9. The molecule has 2 fully saturated rings. The number of halogens is 1. The van der Waals surface area contributed by atoms with Crippen LogP contribution >= 0.6 is 15.9 Å². The van der Waals surface area contributed by atoms with Crippen LogP contribution < -0.4 is 5.32 Å². The third-order valence-corrected chi connectivity index (χ3v) is 7.50. The molecule has 6 heterocycles. The lowest BCUT2D eigenvalue weighted by Crippen LogP contribution is -2.15. The Balaban J connectivity index is 0.000000137. The van der Waals surface area contributed by atoms with Crippen LogP contribution in [0.3, 0.4) is 0 Å². The molecule has 6 aromatic rings. The minimum atomic E-state index is 0.00487. The molecular formula is C31H32BrN9O4. The first-order chi connectivity index (χ1) is 21.5. The van der Waals surface area contributed by atoms with Crippen LogP contribution in [0.1, 0.15) is 55.8 Å². The summed E-state index contributed by atoms with van der Waals surface area (Å²) in [5.41, 5.74) is 2.56. The zero-order chi connectivity index (χ0) is 31.8. The van der Waals surface area contributed by atoms with Crippen LogP contribution in [0.4, 0.5) is 5.82 Å². The molecule has 0 radical (unpaired) electrons. The Morgan fingerprint density at radius 2 is 1.27 bits per heavy atom. The van der Waals surface area contributed by atoms with Gasteiger partial charge in [-0.05, 0) is 100 Å². The van der Waals surface area contributed by atoms with Crippen LogP contribution in [0.15, 0.2) is 50.1 Å². The molecule has 1 amide bonds. The van der Waals surface area contributed by atoms with E-state index in [1.165, 1.54) is 0 Å². The molecule has 0 unspecified atom stereocenters. The number of fused-ring (bicyclic) bond motifs is 2. The van der Waals surface area contributed by atoms with Gasteiger partial charge in [0, 0.05) is 11.8 Å². The second-order valence-corrected chi connectivity index (χ2v) is 12.0. The molecule has 0 bridgehead atoms. The van der Waals surface area contributed by atoms with E-state index in [9.17, 15) is 9.59 Å². The highest BCUT2D eigenvalue weighted by Crippen LogP contribution is 2.31. The van der Waals surface area contributed by atoms with Gasteiger partial charge in [-0.2, -0.15) is 10.2 Å². The molecule has 6 aromatic heterocycles. The van der Waals surface area contributed by atoms with Crippen LogP contribution in [-0.4, -0.2) is 50.9 Å². The second kappa shape index (κ2) is 12.3. The van der Waals surface area contributed by atoms with E-state index in [4.69, 9.17) is 8.83 Å². The van der Waals surface area contributed by atoms with Gasteiger partial charge in [-0.15, -0.1) is 0 Å². The lowest BCUT2D eigenvalue weighted by molar-refractivity contribution is -0.118. The molecule has 45 heavy (non-hydrogen) atoms. The second-order valence-electron chi connectivity index (χ2n) is 11.2. The Hall–Kier alpha value is -4.72. The molecule has 0 saturated heterocycles. The Morgan fingerprint density at radius 1 is 0.756 bits per heavy atom. The average molecular weight is 675 g/mol. The highest BCUT2D eigenvalue weighted by atomic mass is 79.9. The Morgan fingerprint density at radius 3 is 1.71 bits per heavy atom. The minimum Gasteiger partial charge on any atom is -0.460 e. The molecule has 232 valence electrons. The first-order valence-corrected chi connectivity index (χ1v) is 15.4. The average Bonchev–Trinajstić information content (AvgIpc) is 3.86. The smallest absolute Gasteiger partial charge is 0.228 e. The maximum Gasteiger partial charge on any atom is 0.228 e. The van der Waals surface area contributed by atoms with Gasteiger partial charge in [-0.3, -0.25) is 9.59 Å². The predicted molar refractivity (Wildman–Crippen MR) is 168 cm³/mol. The summed E-state index contributed by atoms with van der Waals surface area (Å²) in [5, 5.41) is 11.4. The van der Waals surface area contributed by atoms with Gasteiger partial charge < -0.3 is 14.2 Å². The van der Waals surface area contributed by atoms with E-state index in [1.54, 1.807) is 28.3 Å². The molecule has 2 saturated carbocycles. The number of rotatable bonds is 5. The van der Waals surface area contributed by atoms with E-state index >= 15 is 0 Å². The Bertz CT molecular complexity index is 2030. The molecule has 0 spiro atoms. The van der Waals surface area contributed by atoms with Gasteiger partial charge in [-0.1, -0.05) is 0 Å². The normalized spacial score (nSPS) is 14.1. The zero-order valence-electron chi connectivity index (χ0n) is 25.5. The van der Waals surface area contributed by atoms with E-state index in [1.807, 2.05) is 52.0 Å². The van der Waals surface area contributed by atoms with Gasteiger partial charge in [0.15, 0.2) is 40.0 Å². The van der Waals surface area contributed by atoms with E-state index in [0.29, 0.717) is 68.0 Å². The van der Waals surface area contributed by atoms with Crippen molar-refractivity contribution < 1.29 is 18.4 Å². The largest absolute Gasteiger partial charge is 0.460 e. The quantitative estimate of drug-likeness (QED) is 0.227. The number of aryl methyl sites for hydroxylation is 4. The van der Waals surface area contributed by atoms with Gasteiger partial charge >= 0.3 is 0 Å². The summed E-state index contributed by atoms with van der Waals surface area (Å²) in [6.45, 7) is 9.09. The summed E-state index contributed by atoms with van der Waals surface area (Å²) in [5.74, 6) is 5.69. The summed E-state index contributed by atoms with van der Waals surface area (Å²) in [7, 11) is 0. The Kier molecular flexibility index (Phi) is 8.32. The van der Waals surface area contributed by atoms with Crippen molar-refractivity contribution in [3.8, 4) is 22.9 Å². The van der Waals surface area contributed by atoms with E-state index in [-0.39, 0.29) is 11.8 Å². The molecule has 1 N–H and O–H groups in total. The van der Waals surface area contributed by atoms with Crippen molar-refractivity contribution in [1.82, 2.24) is 39.2 Å². The number of Topliss-reactive ketones (excluding diaryl/α,β-unsaturated/α-hetero) is 1. The summed E-state index contributed by atoms with van der Waals surface area (Å²) >= 11 is 3.36. The number of furan rings is 2. The maximum atomic E-state index is 11.9. The highest BCUT2D eigenvalue weighted by Gasteiger charge is 2.30. The number of aromatic nitrogens is 8. The zero-order valence-corrected chi connectivity index (χ0v) is 27.1. The highest BCUT2D eigenvalue weighted by molar-refractivity contribution is 9.10. The molecule has 14 heteroatoms. The standard InChI is InChI=1S/C15H15N5O2.C11H9BrN4O.C5H8O/c1-8-3-6-11(22-8)13-14-16-9(2)19-20(14)7-12(17-13)18-15(21)10-4-5-10;1-6-3-4-8(17-6)10-11-13-7(2)15-16(11)5-9(12)14-10;1-4(6)5-2-3-5/h3,6-7,10H,4-5H2,1-2H3,(H,18,21);3-5H,1-2H3;5H,2-3H2,1H3. The fraction of sp³-hybridized carbons (Fsp3) is 0.355. The molecule has 0 aliphatic heterocycles. The summed E-state index contributed by atoms with van der Waals surface area (Å²) < 4.78 is 15.2. The molecule has 0 aromatic carbocycles. The number of hydrogen-bond donors (Lipinski definition) is 1. The van der Waals surface area contributed by atoms with Crippen LogP contribution in [0.25, 0.3) is 34.2 Å². The van der Waals surface area contributed by atoms with Crippen molar-refractivity contribution in [1.29, 1.82) is 0 Å². The van der Waals surface area contributed by atoms with Gasteiger partial charge in [0.1, 0.15) is 33.6 Å². The molecular weight excluding hydrogens is 642 g/mol. The fourth-order valence-corrected chi connectivity index (χ4v) is 4.91. The van der Waals surface area contributed by atoms with Gasteiger partial charge in [0.25, 0.3) is 0 Å². The molecule has 2 aliphatic rings. The number of carbonyl (C=O) groups is 2. The van der Waals surface area contributed by atoms with Crippen molar-refractivity contribution in [3.05, 3.63) is 64.4 Å². The van der Waals surface area contributed by atoms with E-state index in [2.05, 4.69) is 51.4 Å². The van der Waals surface area contributed by atoms with Crippen LogP contribution in [-0.2, 0) is 9.59 Å². The number of carbonyl (C=O) groups excluding carboxylic acids is 2. The van der Waals surface area contributed by atoms with Crippen molar-refractivity contribution in [2.75, 3.05) is 5.32 Å². The van der Waals surface area contributed by atoms with Gasteiger partial charge in [0.2, 0.25) is 5.91 Å². The van der Waals surface area contributed by atoms with Crippen LogP contribution in [0, 0.1) is 39.5 Å². The number of ketones is 1. The summed E-state index contributed by atoms with van der Waals surface area (Å²) in [6, 6.07) is 7.49.